The number of methoxy groups -OCH3 is 1. The van der Waals surface area contributed by atoms with E-state index in [1.807, 2.05) is 32.0 Å². The van der Waals surface area contributed by atoms with Crippen molar-refractivity contribution in [3.63, 3.8) is 0 Å². The first-order valence-electron chi connectivity index (χ1n) is 8.49. The maximum atomic E-state index is 13.6. The lowest BCUT2D eigenvalue weighted by molar-refractivity contribution is -0.130. The summed E-state index contributed by atoms with van der Waals surface area (Å²) < 4.78 is 23.9. The number of carbonyl (C=O) groups is 2. The summed E-state index contributed by atoms with van der Waals surface area (Å²) in [6, 6.07) is 10.2. The number of ether oxygens (including phenoxy) is 2. The van der Waals surface area contributed by atoms with Crippen LogP contribution in [0, 0.1) is 19.7 Å². The van der Waals surface area contributed by atoms with Crippen molar-refractivity contribution < 1.29 is 23.5 Å². The molecule has 27 heavy (non-hydrogen) atoms. The number of halogens is 1. The average Bonchev–Trinajstić information content (AvgIpc) is 2.65. The van der Waals surface area contributed by atoms with Crippen LogP contribution in [0.4, 0.5) is 4.39 Å². The summed E-state index contributed by atoms with van der Waals surface area (Å²) in [4.78, 5) is 23.6. The first-order valence-corrected chi connectivity index (χ1v) is 8.49. The van der Waals surface area contributed by atoms with Gasteiger partial charge in [-0.15, -0.1) is 0 Å². The lowest BCUT2D eigenvalue weighted by Gasteiger charge is -2.11. The molecule has 2 rings (SSSR count). The largest absolute Gasteiger partial charge is 0.494 e. The Morgan fingerprint density at radius 1 is 1.00 bits per heavy atom. The number of rotatable bonds is 7. The molecule has 0 spiro atoms. The van der Waals surface area contributed by atoms with E-state index in [4.69, 9.17) is 9.47 Å². The predicted molar refractivity (Wildman–Crippen MR) is 99.0 cm³/mol. The van der Waals surface area contributed by atoms with Gasteiger partial charge in [-0.3, -0.25) is 20.4 Å². The second-order valence-electron chi connectivity index (χ2n) is 6.12. The molecule has 0 radical (unpaired) electrons. The molecule has 2 aromatic rings. The molecule has 0 bridgehead atoms. The van der Waals surface area contributed by atoms with Crippen LogP contribution in [0.1, 0.15) is 23.1 Å². The van der Waals surface area contributed by atoms with E-state index >= 15 is 0 Å². The van der Waals surface area contributed by atoms with Crippen LogP contribution in [0.25, 0.3) is 0 Å². The van der Waals surface area contributed by atoms with Crippen LogP contribution < -0.4 is 20.3 Å². The molecule has 0 heterocycles. The molecule has 7 heteroatoms. The van der Waals surface area contributed by atoms with Crippen molar-refractivity contribution >= 4 is 11.8 Å². The number of amides is 2. The fourth-order valence-corrected chi connectivity index (χ4v) is 2.37. The highest BCUT2D eigenvalue weighted by molar-refractivity contribution is 5.82. The van der Waals surface area contributed by atoms with Crippen molar-refractivity contribution in [2.24, 2.45) is 0 Å². The van der Waals surface area contributed by atoms with Crippen molar-refractivity contribution in [2.45, 2.75) is 26.7 Å². The second kappa shape index (κ2) is 9.56. The highest BCUT2D eigenvalue weighted by atomic mass is 19.1. The van der Waals surface area contributed by atoms with E-state index in [1.165, 1.54) is 19.2 Å². The lowest BCUT2D eigenvalue weighted by Crippen LogP contribution is -2.43. The van der Waals surface area contributed by atoms with Gasteiger partial charge in [0.1, 0.15) is 5.75 Å². The average molecular weight is 374 g/mol. The van der Waals surface area contributed by atoms with Crippen molar-refractivity contribution in [3.05, 3.63) is 58.9 Å². The smallest absolute Gasteiger partial charge is 0.276 e. The van der Waals surface area contributed by atoms with Crippen LogP contribution in [-0.2, 0) is 16.0 Å². The van der Waals surface area contributed by atoms with Crippen LogP contribution in [0.2, 0.25) is 0 Å². The van der Waals surface area contributed by atoms with Gasteiger partial charge in [0.05, 0.1) is 7.11 Å². The number of hydrogen-bond donors (Lipinski definition) is 2. The molecule has 2 N–H and O–H groups in total. The third-order valence-electron chi connectivity index (χ3n) is 3.90. The van der Waals surface area contributed by atoms with Crippen LogP contribution in [0.3, 0.4) is 0 Å². The number of carbonyl (C=O) groups excluding carboxylic acids is 2. The van der Waals surface area contributed by atoms with Crippen LogP contribution in [0.15, 0.2) is 36.4 Å². The first kappa shape index (κ1) is 20.2. The van der Waals surface area contributed by atoms with Gasteiger partial charge in [0.2, 0.25) is 5.91 Å². The molecule has 0 aliphatic rings. The number of nitrogens with one attached hydrogen (secondary N) is 2. The molecule has 144 valence electrons. The zero-order chi connectivity index (χ0) is 19.8. The number of hydrogen-bond acceptors (Lipinski definition) is 4. The van der Waals surface area contributed by atoms with Crippen LogP contribution in [-0.4, -0.2) is 25.5 Å². The van der Waals surface area contributed by atoms with Gasteiger partial charge in [-0.05, 0) is 55.2 Å². The Balaban J connectivity index is 1.72. The topological polar surface area (TPSA) is 76.7 Å². The van der Waals surface area contributed by atoms with E-state index in [0.717, 1.165) is 11.1 Å². The molecule has 0 aliphatic heterocycles. The van der Waals surface area contributed by atoms with Gasteiger partial charge in [0.25, 0.3) is 5.91 Å². The molecule has 0 unspecified atom stereocenters. The summed E-state index contributed by atoms with van der Waals surface area (Å²) in [6.07, 6.45) is 0.436. The molecule has 0 saturated heterocycles. The fourth-order valence-electron chi connectivity index (χ4n) is 2.37. The molecular formula is C20H23FN2O4. The summed E-state index contributed by atoms with van der Waals surface area (Å²) in [5.74, 6) is -0.560. The van der Waals surface area contributed by atoms with Crippen LogP contribution in [0.5, 0.6) is 11.5 Å². The lowest BCUT2D eigenvalue weighted by atomic mass is 10.1. The zero-order valence-corrected chi connectivity index (χ0v) is 15.6. The molecule has 0 atom stereocenters. The minimum Gasteiger partial charge on any atom is -0.494 e. The molecule has 2 aromatic carbocycles. The van der Waals surface area contributed by atoms with Crippen molar-refractivity contribution in [2.75, 3.05) is 13.7 Å². The summed E-state index contributed by atoms with van der Waals surface area (Å²) in [7, 11) is 1.39. The third-order valence-corrected chi connectivity index (χ3v) is 3.90. The maximum absolute atomic E-state index is 13.6. The van der Waals surface area contributed by atoms with Gasteiger partial charge in [-0.25, -0.2) is 4.39 Å². The molecule has 0 saturated carbocycles. The molecule has 6 nitrogen and oxygen atoms in total. The second-order valence-corrected chi connectivity index (χ2v) is 6.12. The fraction of sp³-hybridized carbons (Fsp3) is 0.300. The predicted octanol–water partition coefficient (Wildman–Crippen LogP) is 2.61. The molecular weight excluding hydrogens is 351 g/mol. The Morgan fingerprint density at radius 2 is 1.74 bits per heavy atom. The maximum Gasteiger partial charge on any atom is 0.276 e. The van der Waals surface area contributed by atoms with Gasteiger partial charge in [-0.1, -0.05) is 18.2 Å². The van der Waals surface area contributed by atoms with E-state index in [1.54, 1.807) is 6.07 Å². The molecule has 0 aromatic heterocycles. The van der Waals surface area contributed by atoms with E-state index in [0.29, 0.717) is 17.7 Å². The monoisotopic (exact) mass is 374 g/mol. The van der Waals surface area contributed by atoms with E-state index in [9.17, 15) is 14.0 Å². The van der Waals surface area contributed by atoms with E-state index in [2.05, 4.69) is 10.9 Å². The molecule has 0 fully saturated rings. The van der Waals surface area contributed by atoms with Gasteiger partial charge < -0.3 is 9.47 Å². The SMILES string of the molecule is COc1ccc(CCC(=O)NNC(=O)COc2cc(C)ccc2C)cc1F. The Bertz CT molecular complexity index is 824. The summed E-state index contributed by atoms with van der Waals surface area (Å²) in [6.45, 7) is 3.60. The van der Waals surface area contributed by atoms with E-state index in [-0.39, 0.29) is 24.7 Å². The first-order chi connectivity index (χ1) is 12.9. The third kappa shape index (κ3) is 6.29. The Morgan fingerprint density at radius 3 is 2.44 bits per heavy atom. The normalized spacial score (nSPS) is 10.2. The highest BCUT2D eigenvalue weighted by Gasteiger charge is 2.09. The summed E-state index contributed by atoms with van der Waals surface area (Å²) in [5.41, 5.74) is 7.22. The summed E-state index contributed by atoms with van der Waals surface area (Å²) in [5, 5.41) is 0. The van der Waals surface area contributed by atoms with Crippen molar-refractivity contribution in [1.29, 1.82) is 0 Å². The minimum atomic E-state index is -0.479. The molecule has 0 aliphatic carbocycles. The quantitative estimate of drug-likeness (QED) is 0.731. The zero-order valence-electron chi connectivity index (χ0n) is 15.6. The Labute approximate surface area is 157 Å². The molecule has 2 amide bonds. The van der Waals surface area contributed by atoms with Crippen molar-refractivity contribution in [1.82, 2.24) is 10.9 Å². The van der Waals surface area contributed by atoms with Gasteiger partial charge >= 0.3 is 0 Å². The van der Waals surface area contributed by atoms with Gasteiger partial charge in [0, 0.05) is 6.42 Å². The van der Waals surface area contributed by atoms with E-state index < -0.39 is 11.7 Å². The number of benzene rings is 2. The number of aryl methyl sites for hydroxylation is 3. The standard InChI is InChI=1S/C20H23FN2O4/c1-13-4-5-14(2)18(10-13)27-12-20(25)23-22-19(24)9-7-15-6-8-17(26-3)16(21)11-15/h4-6,8,10-11H,7,9,12H2,1-3H3,(H,22,24)(H,23,25). The minimum absolute atomic E-state index is 0.101. The Kier molecular flexibility index (Phi) is 7.16. The highest BCUT2D eigenvalue weighted by Crippen LogP contribution is 2.19. The van der Waals surface area contributed by atoms with Crippen LogP contribution >= 0.6 is 0 Å². The van der Waals surface area contributed by atoms with Gasteiger partial charge in [-0.2, -0.15) is 0 Å². The Hall–Kier alpha value is -3.09. The summed E-state index contributed by atoms with van der Waals surface area (Å²) >= 11 is 0. The van der Waals surface area contributed by atoms with Crippen molar-refractivity contribution in [3.8, 4) is 11.5 Å². The van der Waals surface area contributed by atoms with Gasteiger partial charge in [0.15, 0.2) is 18.2 Å². The number of hydrazine groups is 1.